The predicted molar refractivity (Wildman–Crippen MR) is 83.1 cm³/mol. The molecular weight excluding hydrogens is 279 g/mol. The van der Waals surface area contributed by atoms with Gasteiger partial charge in [-0.1, -0.05) is 68.8 Å². The molecule has 1 rings (SSSR count). The summed E-state index contributed by atoms with van der Waals surface area (Å²) in [6, 6.07) is 5.41. The lowest BCUT2D eigenvalue weighted by molar-refractivity contribution is -0.119. The average Bonchev–Trinajstić information content (AvgIpc) is 2.38. The van der Waals surface area contributed by atoms with Crippen LogP contribution in [0.15, 0.2) is 18.2 Å². The minimum absolute atomic E-state index is 0.293. The highest BCUT2D eigenvalue weighted by Gasteiger charge is 2.12. The molecule has 0 aliphatic carbocycles. The van der Waals surface area contributed by atoms with Crippen LogP contribution in [-0.2, 0) is 11.2 Å². The maximum Gasteiger partial charge on any atom is 0.137 e. The Labute approximate surface area is 126 Å². The van der Waals surface area contributed by atoms with Gasteiger partial charge in [0.1, 0.15) is 5.78 Å². The van der Waals surface area contributed by atoms with E-state index in [0.29, 0.717) is 34.6 Å². The lowest BCUT2D eigenvalue weighted by Crippen LogP contribution is -2.10. The van der Waals surface area contributed by atoms with Crippen LogP contribution in [0.3, 0.4) is 0 Å². The molecule has 0 spiro atoms. The van der Waals surface area contributed by atoms with Gasteiger partial charge in [0.15, 0.2) is 0 Å². The van der Waals surface area contributed by atoms with E-state index in [0.717, 1.165) is 18.4 Å². The Morgan fingerprint density at radius 3 is 2.53 bits per heavy atom. The van der Waals surface area contributed by atoms with Crippen molar-refractivity contribution in [1.82, 2.24) is 0 Å². The summed E-state index contributed by atoms with van der Waals surface area (Å²) in [4.78, 5) is 12.1. The highest BCUT2D eigenvalue weighted by molar-refractivity contribution is 6.42. The molecular formula is C16H22Cl2O. The van der Waals surface area contributed by atoms with Gasteiger partial charge in [-0.2, -0.15) is 0 Å². The highest BCUT2D eigenvalue weighted by atomic mass is 35.5. The quantitative estimate of drug-likeness (QED) is 0.601. The molecule has 0 aliphatic heterocycles. The summed E-state index contributed by atoms with van der Waals surface area (Å²) in [6.45, 7) is 4.34. The summed E-state index contributed by atoms with van der Waals surface area (Å²) in [5.74, 6) is 0.816. The third-order valence-electron chi connectivity index (χ3n) is 3.44. The standard InChI is InChI=1S/C16H22Cl2O/c1-3-5-6-12(4-2)9-14(19)10-13-7-8-15(17)16(18)11-13/h7-8,11-12H,3-6,9-10H2,1-2H3. The van der Waals surface area contributed by atoms with E-state index in [1.165, 1.54) is 12.8 Å². The van der Waals surface area contributed by atoms with Gasteiger partial charge in [0.2, 0.25) is 0 Å². The van der Waals surface area contributed by atoms with Crippen LogP contribution in [0.5, 0.6) is 0 Å². The summed E-state index contributed by atoms with van der Waals surface area (Å²) in [5, 5.41) is 1.05. The van der Waals surface area contributed by atoms with E-state index in [1.54, 1.807) is 12.1 Å². The maximum atomic E-state index is 12.1. The van der Waals surface area contributed by atoms with Gasteiger partial charge < -0.3 is 0 Å². The highest BCUT2D eigenvalue weighted by Crippen LogP contribution is 2.24. The second-order valence-electron chi connectivity index (χ2n) is 5.08. The molecule has 0 saturated heterocycles. The van der Waals surface area contributed by atoms with Gasteiger partial charge in [0.25, 0.3) is 0 Å². The van der Waals surface area contributed by atoms with E-state index in [2.05, 4.69) is 13.8 Å². The van der Waals surface area contributed by atoms with E-state index in [-0.39, 0.29) is 0 Å². The van der Waals surface area contributed by atoms with E-state index < -0.39 is 0 Å². The second-order valence-corrected chi connectivity index (χ2v) is 5.90. The van der Waals surface area contributed by atoms with Gasteiger partial charge in [-0.25, -0.2) is 0 Å². The Morgan fingerprint density at radius 2 is 1.95 bits per heavy atom. The maximum absolute atomic E-state index is 12.1. The van der Waals surface area contributed by atoms with Crippen molar-refractivity contribution in [1.29, 1.82) is 0 Å². The smallest absolute Gasteiger partial charge is 0.137 e. The molecule has 0 N–H and O–H groups in total. The van der Waals surface area contributed by atoms with Crippen LogP contribution in [0, 0.1) is 5.92 Å². The number of carbonyl (C=O) groups is 1. The number of carbonyl (C=O) groups excluding carboxylic acids is 1. The van der Waals surface area contributed by atoms with Gasteiger partial charge >= 0.3 is 0 Å². The summed E-state index contributed by atoms with van der Waals surface area (Å²) in [6.07, 6.45) is 5.76. The molecule has 3 heteroatoms. The Hall–Kier alpha value is -0.530. The Kier molecular flexibility index (Phi) is 7.48. The molecule has 0 radical (unpaired) electrons. The minimum atomic E-state index is 0.293. The van der Waals surface area contributed by atoms with Crippen molar-refractivity contribution in [3.05, 3.63) is 33.8 Å². The molecule has 19 heavy (non-hydrogen) atoms. The summed E-state index contributed by atoms with van der Waals surface area (Å²) < 4.78 is 0. The van der Waals surface area contributed by atoms with E-state index in [1.807, 2.05) is 6.07 Å². The number of benzene rings is 1. The third kappa shape index (κ3) is 5.97. The number of ketones is 1. The molecule has 1 unspecified atom stereocenters. The van der Waals surface area contributed by atoms with Crippen molar-refractivity contribution in [2.75, 3.05) is 0 Å². The summed E-state index contributed by atoms with van der Waals surface area (Å²) >= 11 is 11.8. The zero-order chi connectivity index (χ0) is 14.3. The van der Waals surface area contributed by atoms with Crippen molar-refractivity contribution in [2.45, 2.75) is 52.4 Å². The summed E-state index contributed by atoms with van der Waals surface area (Å²) in [5.41, 5.74) is 0.949. The lowest BCUT2D eigenvalue weighted by Gasteiger charge is -2.13. The fourth-order valence-electron chi connectivity index (χ4n) is 2.21. The predicted octanol–water partition coefficient (Wildman–Crippen LogP) is 5.71. The van der Waals surface area contributed by atoms with Crippen molar-refractivity contribution in [3.63, 3.8) is 0 Å². The first kappa shape index (κ1) is 16.5. The van der Waals surface area contributed by atoms with Gasteiger partial charge in [-0.15, -0.1) is 0 Å². The Bertz CT molecular complexity index is 415. The number of Topliss-reactive ketones (excluding diaryl/α,β-unsaturated/α-hetero) is 1. The van der Waals surface area contributed by atoms with Gasteiger partial charge in [-0.05, 0) is 23.6 Å². The third-order valence-corrected chi connectivity index (χ3v) is 4.18. The topological polar surface area (TPSA) is 17.1 Å². The van der Waals surface area contributed by atoms with Crippen LogP contribution in [0.2, 0.25) is 10.0 Å². The SMILES string of the molecule is CCCCC(CC)CC(=O)Cc1ccc(Cl)c(Cl)c1. The van der Waals surface area contributed by atoms with E-state index in [9.17, 15) is 4.79 Å². The lowest BCUT2D eigenvalue weighted by atomic mass is 9.92. The van der Waals surface area contributed by atoms with Crippen LogP contribution in [0.1, 0.15) is 51.5 Å². The van der Waals surface area contributed by atoms with Crippen LogP contribution in [0.25, 0.3) is 0 Å². The largest absolute Gasteiger partial charge is 0.299 e. The molecule has 0 saturated carbocycles. The molecule has 0 bridgehead atoms. The molecule has 0 amide bonds. The normalized spacial score (nSPS) is 12.4. The van der Waals surface area contributed by atoms with Crippen LogP contribution in [0.4, 0.5) is 0 Å². The molecule has 0 fully saturated rings. The second kappa shape index (κ2) is 8.60. The van der Waals surface area contributed by atoms with Gasteiger partial charge in [0, 0.05) is 12.8 Å². The van der Waals surface area contributed by atoms with Crippen molar-refractivity contribution < 1.29 is 4.79 Å². The monoisotopic (exact) mass is 300 g/mol. The van der Waals surface area contributed by atoms with Gasteiger partial charge in [-0.3, -0.25) is 4.79 Å². The van der Waals surface area contributed by atoms with Crippen LogP contribution < -0.4 is 0 Å². The molecule has 1 nitrogen and oxygen atoms in total. The molecule has 1 aromatic rings. The summed E-state index contributed by atoms with van der Waals surface area (Å²) in [7, 11) is 0. The van der Waals surface area contributed by atoms with Crippen LogP contribution in [-0.4, -0.2) is 5.78 Å². The fourth-order valence-corrected chi connectivity index (χ4v) is 2.54. The first-order chi connectivity index (χ1) is 9.06. The average molecular weight is 301 g/mol. The van der Waals surface area contributed by atoms with Crippen molar-refractivity contribution in [3.8, 4) is 0 Å². The zero-order valence-corrected chi connectivity index (χ0v) is 13.2. The van der Waals surface area contributed by atoms with Crippen molar-refractivity contribution in [2.24, 2.45) is 5.92 Å². The first-order valence-corrected chi connectivity index (χ1v) is 7.78. The number of hydrogen-bond acceptors (Lipinski definition) is 1. The van der Waals surface area contributed by atoms with Crippen molar-refractivity contribution >= 4 is 29.0 Å². The molecule has 0 aliphatic rings. The molecule has 1 aromatic carbocycles. The molecule has 1 atom stereocenters. The van der Waals surface area contributed by atoms with Crippen LogP contribution >= 0.6 is 23.2 Å². The number of hydrogen-bond donors (Lipinski definition) is 0. The molecule has 0 aromatic heterocycles. The van der Waals surface area contributed by atoms with Gasteiger partial charge in [0.05, 0.1) is 10.0 Å². The van der Waals surface area contributed by atoms with E-state index >= 15 is 0 Å². The first-order valence-electron chi connectivity index (χ1n) is 7.02. The fraction of sp³-hybridized carbons (Fsp3) is 0.562. The number of halogens is 2. The Balaban J connectivity index is 2.51. The molecule has 106 valence electrons. The number of rotatable bonds is 8. The zero-order valence-electron chi connectivity index (χ0n) is 11.7. The number of unbranched alkanes of at least 4 members (excludes halogenated alkanes) is 1. The minimum Gasteiger partial charge on any atom is -0.299 e. The molecule has 0 heterocycles. The van der Waals surface area contributed by atoms with E-state index in [4.69, 9.17) is 23.2 Å². The Morgan fingerprint density at radius 1 is 1.21 bits per heavy atom.